The fourth-order valence-electron chi connectivity index (χ4n) is 2.23. The molecule has 1 heterocycles. The van der Waals surface area contributed by atoms with E-state index in [1.165, 1.54) is 10.9 Å². The van der Waals surface area contributed by atoms with Gasteiger partial charge in [-0.2, -0.15) is 5.10 Å². The van der Waals surface area contributed by atoms with E-state index in [0.717, 1.165) is 12.8 Å². The Morgan fingerprint density at radius 2 is 1.96 bits per heavy atom. The Bertz CT molecular complexity index is 821. The summed E-state index contributed by atoms with van der Waals surface area (Å²) in [5.74, 6) is -0.818. The van der Waals surface area contributed by atoms with Crippen LogP contribution in [0.5, 0.6) is 0 Å². The smallest absolute Gasteiger partial charge is 0.338 e. The third-order valence-corrected chi connectivity index (χ3v) is 4.13. The maximum absolute atomic E-state index is 12.3. The van der Waals surface area contributed by atoms with Crippen LogP contribution >= 0.6 is 23.8 Å². The van der Waals surface area contributed by atoms with Crippen molar-refractivity contribution in [2.45, 2.75) is 33.2 Å². The number of thiocarbonyl (C=S) groups is 1. The van der Waals surface area contributed by atoms with E-state index in [1.807, 2.05) is 13.8 Å². The minimum atomic E-state index is -0.451. The van der Waals surface area contributed by atoms with E-state index in [-0.39, 0.29) is 21.8 Å². The standard InChI is InChI=1S/C18H21ClN4O3S/c1-3-5-10-26-17(25)12-6-8-13(9-7-12)21-18(27)22-16(24)15-14(19)11-20-23(15)4-2/h6-9,11H,3-5,10H2,1-2H3,(H2,21,22,24,27). The lowest BCUT2D eigenvalue weighted by molar-refractivity contribution is 0.0499. The molecule has 0 saturated heterocycles. The topological polar surface area (TPSA) is 85.2 Å². The predicted molar refractivity (Wildman–Crippen MR) is 108 cm³/mol. The molecule has 0 atom stereocenters. The van der Waals surface area contributed by atoms with Crippen LogP contribution in [-0.2, 0) is 11.3 Å². The van der Waals surface area contributed by atoms with Crippen LogP contribution < -0.4 is 10.6 Å². The highest BCUT2D eigenvalue weighted by atomic mass is 35.5. The van der Waals surface area contributed by atoms with Gasteiger partial charge in [0, 0.05) is 12.2 Å². The molecular formula is C18H21ClN4O3S. The number of amides is 1. The minimum Gasteiger partial charge on any atom is -0.462 e. The number of benzene rings is 1. The molecule has 1 aromatic carbocycles. The third kappa shape index (κ3) is 5.77. The average Bonchev–Trinajstić information content (AvgIpc) is 3.03. The number of halogens is 1. The Morgan fingerprint density at radius 1 is 1.26 bits per heavy atom. The fraction of sp³-hybridized carbons (Fsp3) is 0.333. The molecule has 2 aromatic rings. The van der Waals surface area contributed by atoms with Crippen molar-refractivity contribution in [3.05, 3.63) is 46.7 Å². The monoisotopic (exact) mass is 408 g/mol. The second kappa shape index (κ2) is 10.0. The molecule has 27 heavy (non-hydrogen) atoms. The highest BCUT2D eigenvalue weighted by Crippen LogP contribution is 2.15. The van der Waals surface area contributed by atoms with Gasteiger partial charge in [0.2, 0.25) is 0 Å². The van der Waals surface area contributed by atoms with E-state index < -0.39 is 5.91 Å². The van der Waals surface area contributed by atoms with Crippen molar-refractivity contribution in [1.29, 1.82) is 0 Å². The quantitative estimate of drug-likeness (QED) is 0.413. The number of nitrogens with zero attached hydrogens (tertiary/aromatic N) is 2. The number of aryl methyl sites for hydroxylation is 1. The number of ether oxygens (including phenoxy) is 1. The zero-order valence-electron chi connectivity index (χ0n) is 15.1. The van der Waals surface area contributed by atoms with Crippen molar-refractivity contribution in [3.63, 3.8) is 0 Å². The Labute approximate surface area is 168 Å². The SMILES string of the molecule is CCCCOC(=O)c1ccc(NC(=S)NC(=O)c2c(Cl)cnn2CC)cc1. The summed E-state index contributed by atoms with van der Waals surface area (Å²) >= 11 is 11.2. The largest absolute Gasteiger partial charge is 0.462 e. The molecule has 0 aliphatic carbocycles. The van der Waals surface area contributed by atoms with Gasteiger partial charge in [0.15, 0.2) is 5.11 Å². The summed E-state index contributed by atoms with van der Waals surface area (Å²) in [6.45, 7) is 4.79. The summed E-state index contributed by atoms with van der Waals surface area (Å²) in [5, 5.41) is 9.83. The van der Waals surface area contributed by atoms with Crippen LogP contribution in [-0.4, -0.2) is 33.4 Å². The lowest BCUT2D eigenvalue weighted by Gasteiger charge is -2.11. The van der Waals surface area contributed by atoms with Crippen LogP contribution in [0.1, 0.15) is 47.5 Å². The summed E-state index contributed by atoms with van der Waals surface area (Å²) in [6, 6.07) is 6.62. The average molecular weight is 409 g/mol. The molecule has 1 amide bonds. The van der Waals surface area contributed by atoms with Crippen LogP contribution in [0.4, 0.5) is 5.69 Å². The summed E-state index contributed by atoms with van der Waals surface area (Å²) in [4.78, 5) is 24.2. The molecule has 1 aromatic heterocycles. The zero-order chi connectivity index (χ0) is 19.8. The van der Waals surface area contributed by atoms with Gasteiger partial charge in [-0.15, -0.1) is 0 Å². The molecule has 0 saturated carbocycles. The summed E-state index contributed by atoms with van der Waals surface area (Å²) < 4.78 is 6.64. The minimum absolute atomic E-state index is 0.109. The van der Waals surface area contributed by atoms with Crippen LogP contribution in [0.2, 0.25) is 5.02 Å². The van der Waals surface area contributed by atoms with Gasteiger partial charge in [0.25, 0.3) is 5.91 Å². The van der Waals surface area contributed by atoms with Gasteiger partial charge in [0.05, 0.1) is 23.4 Å². The Hall–Kier alpha value is -2.45. The molecule has 9 heteroatoms. The number of hydrogen-bond donors (Lipinski definition) is 2. The molecule has 2 rings (SSSR count). The van der Waals surface area contributed by atoms with Gasteiger partial charge < -0.3 is 10.1 Å². The first-order valence-electron chi connectivity index (χ1n) is 8.57. The molecule has 0 radical (unpaired) electrons. The van der Waals surface area contributed by atoms with E-state index in [4.69, 9.17) is 28.6 Å². The van der Waals surface area contributed by atoms with Gasteiger partial charge in [-0.25, -0.2) is 4.79 Å². The van der Waals surface area contributed by atoms with Crippen molar-refractivity contribution in [1.82, 2.24) is 15.1 Å². The lowest BCUT2D eigenvalue weighted by atomic mass is 10.2. The van der Waals surface area contributed by atoms with Crippen molar-refractivity contribution >= 4 is 46.5 Å². The Kier molecular flexibility index (Phi) is 7.75. The number of carbonyl (C=O) groups is 2. The third-order valence-electron chi connectivity index (χ3n) is 3.65. The van der Waals surface area contributed by atoms with Crippen molar-refractivity contribution in [2.75, 3.05) is 11.9 Å². The van der Waals surface area contributed by atoms with Crippen molar-refractivity contribution in [3.8, 4) is 0 Å². The fourth-order valence-corrected chi connectivity index (χ4v) is 2.67. The van der Waals surface area contributed by atoms with Gasteiger partial charge >= 0.3 is 5.97 Å². The molecule has 0 aliphatic heterocycles. The number of unbranched alkanes of at least 4 members (excludes halogenated alkanes) is 1. The number of esters is 1. The normalized spacial score (nSPS) is 10.3. The second-order valence-electron chi connectivity index (χ2n) is 5.63. The van der Waals surface area contributed by atoms with Gasteiger partial charge in [-0.05, 0) is 49.8 Å². The molecule has 7 nitrogen and oxygen atoms in total. The summed E-state index contributed by atoms with van der Waals surface area (Å²) in [7, 11) is 0. The van der Waals surface area contributed by atoms with E-state index in [1.54, 1.807) is 24.3 Å². The molecule has 0 bridgehead atoms. The van der Waals surface area contributed by atoms with E-state index >= 15 is 0 Å². The molecular weight excluding hydrogens is 388 g/mol. The number of hydrogen-bond acceptors (Lipinski definition) is 5. The second-order valence-corrected chi connectivity index (χ2v) is 6.45. The van der Waals surface area contributed by atoms with Crippen LogP contribution in [0.3, 0.4) is 0 Å². The van der Waals surface area contributed by atoms with Gasteiger partial charge in [0.1, 0.15) is 5.69 Å². The molecule has 0 fully saturated rings. The molecule has 0 spiro atoms. The maximum atomic E-state index is 12.3. The van der Waals surface area contributed by atoms with E-state index in [9.17, 15) is 9.59 Å². The van der Waals surface area contributed by atoms with Gasteiger partial charge in [-0.1, -0.05) is 24.9 Å². The zero-order valence-corrected chi connectivity index (χ0v) is 16.7. The Balaban J connectivity index is 1.93. The first kappa shape index (κ1) is 20.9. The highest BCUT2D eigenvalue weighted by molar-refractivity contribution is 7.80. The van der Waals surface area contributed by atoms with Crippen LogP contribution in [0, 0.1) is 0 Å². The predicted octanol–water partition coefficient (Wildman–Crippen LogP) is 3.64. The maximum Gasteiger partial charge on any atom is 0.338 e. The Morgan fingerprint density at radius 3 is 2.59 bits per heavy atom. The molecule has 0 aliphatic rings. The molecule has 2 N–H and O–H groups in total. The lowest BCUT2D eigenvalue weighted by Crippen LogP contribution is -2.35. The van der Waals surface area contributed by atoms with E-state index in [0.29, 0.717) is 24.4 Å². The van der Waals surface area contributed by atoms with E-state index in [2.05, 4.69) is 15.7 Å². The van der Waals surface area contributed by atoms with Gasteiger partial charge in [-0.3, -0.25) is 14.8 Å². The number of anilines is 1. The highest BCUT2D eigenvalue weighted by Gasteiger charge is 2.18. The molecule has 144 valence electrons. The number of aromatic nitrogens is 2. The number of rotatable bonds is 7. The van der Waals surface area contributed by atoms with Crippen molar-refractivity contribution < 1.29 is 14.3 Å². The number of nitrogens with one attached hydrogen (secondary N) is 2. The van der Waals surface area contributed by atoms with Crippen LogP contribution in [0.15, 0.2) is 30.5 Å². The molecule has 0 unspecified atom stereocenters. The summed E-state index contributed by atoms with van der Waals surface area (Å²) in [6.07, 6.45) is 3.21. The first-order chi connectivity index (χ1) is 13.0. The summed E-state index contributed by atoms with van der Waals surface area (Å²) in [5.41, 5.74) is 1.32. The first-order valence-corrected chi connectivity index (χ1v) is 9.35. The van der Waals surface area contributed by atoms with Crippen molar-refractivity contribution in [2.24, 2.45) is 0 Å². The number of carbonyl (C=O) groups excluding carboxylic acids is 2. The van der Waals surface area contributed by atoms with Crippen LogP contribution in [0.25, 0.3) is 0 Å².